The average molecular weight is 804 g/mol. The van der Waals surface area contributed by atoms with E-state index in [0.29, 0.717) is 0 Å². The van der Waals surface area contributed by atoms with Gasteiger partial charge in [-0.3, -0.25) is 20.2 Å². The van der Waals surface area contributed by atoms with E-state index < -0.39 is 68.4 Å². The second kappa shape index (κ2) is 11.0. The molecule has 0 heterocycles. The minimum Gasteiger partial charge on any atom is -0.456 e. The number of hydrogen-bond acceptors (Lipinski definition) is 5. The van der Waals surface area contributed by atoms with E-state index in [2.05, 4.69) is 0 Å². The number of nitrogens with zero attached hydrogens (tertiary/aromatic N) is 2. The van der Waals surface area contributed by atoms with E-state index in [9.17, 15) is 46.6 Å². The Kier molecular flexibility index (Phi) is 8.34. The first-order valence-corrected chi connectivity index (χ1v) is 13.6. The van der Waals surface area contributed by atoms with Gasteiger partial charge in [-0.2, -0.15) is 26.3 Å². The molecule has 0 radical (unpaired) electrons. The highest BCUT2D eigenvalue weighted by Gasteiger charge is 2.52. The first-order chi connectivity index (χ1) is 19.0. The molecule has 0 saturated heterocycles. The quantitative estimate of drug-likeness (QED) is 0.126. The minimum absolute atomic E-state index is 0.0469. The van der Waals surface area contributed by atoms with Crippen molar-refractivity contribution in [2.75, 3.05) is 0 Å². The molecule has 0 N–H and O–H groups in total. The molecule has 2 aromatic carbocycles. The molecule has 7 nitrogen and oxygen atoms in total. The summed E-state index contributed by atoms with van der Waals surface area (Å²) in [5.74, 6) is 0.0938. The molecule has 0 saturated carbocycles. The fourth-order valence-electron chi connectivity index (χ4n) is 4.70. The lowest BCUT2D eigenvalue weighted by Crippen LogP contribution is -2.37. The molecule has 15 heteroatoms. The van der Waals surface area contributed by atoms with Crippen molar-refractivity contribution in [3.05, 3.63) is 134 Å². The third kappa shape index (κ3) is 5.74. The van der Waals surface area contributed by atoms with Crippen molar-refractivity contribution in [2.45, 2.75) is 36.3 Å². The van der Waals surface area contributed by atoms with Gasteiger partial charge in [0, 0.05) is 40.3 Å². The molecule has 2 atom stereocenters. The smallest absolute Gasteiger partial charge is 0.416 e. The first kappa shape index (κ1) is 31.0. The van der Waals surface area contributed by atoms with Crippen LogP contribution in [-0.4, -0.2) is 9.85 Å². The summed E-state index contributed by atoms with van der Waals surface area (Å²) in [6.45, 7) is 0. The second-order valence-electron chi connectivity index (χ2n) is 9.11. The van der Waals surface area contributed by atoms with Gasteiger partial charge in [-0.05, 0) is 69.5 Å². The Balaban J connectivity index is 1.68. The third-order valence-corrected chi connectivity index (χ3v) is 8.50. The number of nitro groups is 2. The first-order valence-electron chi connectivity index (χ1n) is 11.5. The van der Waals surface area contributed by atoms with Crippen molar-refractivity contribution < 1.29 is 40.9 Å². The van der Waals surface area contributed by atoms with Gasteiger partial charge in [0.25, 0.3) is 11.1 Å². The Bertz CT molecular complexity index is 1440. The van der Waals surface area contributed by atoms with Crippen LogP contribution in [0.4, 0.5) is 26.3 Å². The van der Waals surface area contributed by atoms with Gasteiger partial charge in [0.1, 0.15) is 11.5 Å². The highest BCUT2D eigenvalue weighted by molar-refractivity contribution is 14.1. The molecule has 0 bridgehead atoms. The Morgan fingerprint density at radius 1 is 0.683 bits per heavy atom. The molecule has 2 aliphatic carbocycles. The van der Waals surface area contributed by atoms with Crippen LogP contribution in [0, 0.1) is 20.2 Å². The van der Waals surface area contributed by atoms with Gasteiger partial charge in [0.15, 0.2) is 0 Å². The van der Waals surface area contributed by atoms with Gasteiger partial charge in [0.2, 0.25) is 0 Å². The van der Waals surface area contributed by atoms with Crippen LogP contribution in [0.5, 0.6) is 0 Å². The van der Waals surface area contributed by atoms with E-state index in [4.69, 9.17) is 4.74 Å². The maximum atomic E-state index is 13.7. The van der Waals surface area contributed by atoms with Crippen LogP contribution < -0.4 is 0 Å². The van der Waals surface area contributed by atoms with Crippen molar-refractivity contribution in [2.24, 2.45) is 0 Å². The van der Waals surface area contributed by atoms with Gasteiger partial charge in [-0.25, -0.2) is 0 Å². The number of halogens is 8. The predicted molar refractivity (Wildman–Crippen MR) is 151 cm³/mol. The van der Waals surface area contributed by atoms with Gasteiger partial charge in [-0.15, -0.1) is 0 Å². The number of ether oxygens (including phenoxy) is 1. The van der Waals surface area contributed by atoms with E-state index in [0.717, 1.165) is 60.7 Å². The molecule has 0 fully saturated rings. The molecule has 216 valence electrons. The molecule has 2 aromatic rings. The van der Waals surface area contributed by atoms with Crippen LogP contribution in [0.1, 0.15) is 35.1 Å². The third-order valence-electron chi connectivity index (χ3n) is 6.67. The van der Waals surface area contributed by atoms with Crippen molar-refractivity contribution in [1.29, 1.82) is 0 Å². The Hall–Kier alpha value is -2.96. The van der Waals surface area contributed by atoms with Crippen LogP contribution in [0.2, 0.25) is 0 Å². The van der Waals surface area contributed by atoms with Crippen LogP contribution in [0.25, 0.3) is 0 Å². The topological polar surface area (TPSA) is 95.5 Å². The lowest BCUT2D eigenvalue weighted by molar-refractivity contribution is -0.564. The largest absolute Gasteiger partial charge is 0.456 e. The van der Waals surface area contributed by atoms with Crippen LogP contribution in [0.15, 0.2) is 91.5 Å². The number of hydrogen-bond donors (Lipinski definition) is 0. The molecular formula is C26H16F6I2N2O5. The maximum absolute atomic E-state index is 13.7. The van der Waals surface area contributed by atoms with E-state index in [1.165, 1.54) is 12.1 Å². The van der Waals surface area contributed by atoms with E-state index >= 15 is 0 Å². The Labute approximate surface area is 255 Å². The highest BCUT2D eigenvalue weighted by Crippen LogP contribution is 2.48. The van der Waals surface area contributed by atoms with Crippen LogP contribution >= 0.6 is 45.2 Å². The Morgan fingerprint density at radius 3 is 1.32 bits per heavy atom. The molecular weight excluding hydrogens is 788 g/mol. The van der Waals surface area contributed by atoms with Crippen molar-refractivity contribution >= 4 is 45.2 Å². The fourth-order valence-corrected chi connectivity index (χ4v) is 6.45. The lowest BCUT2D eigenvalue weighted by atomic mass is 9.81. The summed E-state index contributed by atoms with van der Waals surface area (Å²) >= 11 is 3.43. The molecule has 0 amide bonds. The SMILES string of the molecule is O=[N+]([O-])C1(c2ccccc2C(F)(F)F)C=CC(OC2=C(I)CC(c3ccccc3C(F)(F)F)([N+](=O)[O-])C=C2)=C(I)C1. The van der Waals surface area contributed by atoms with Crippen LogP contribution in [0.3, 0.4) is 0 Å². The summed E-state index contributed by atoms with van der Waals surface area (Å²) < 4.78 is 88.3. The fraction of sp³-hybridized carbons (Fsp3) is 0.231. The maximum Gasteiger partial charge on any atom is 0.416 e. The molecule has 41 heavy (non-hydrogen) atoms. The zero-order valence-electron chi connectivity index (χ0n) is 20.3. The minimum atomic E-state index is -4.85. The van der Waals surface area contributed by atoms with Crippen molar-refractivity contribution in [1.82, 2.24) is 0 Å². The number of allylic oxidation sites excluding steroid dienone is 2. The summed E-state index contributed by atoms with van der Waals surface area (Å²) in [4.78, 5) is 22.7. The van der Waals surface area contributed by atoms with E-state index in [1.807, 2.05) is 0 Å². The number of alkyl halides is 6. The number of benzene rings is 2. The van der Waals surface area contributed by atoms with E-state index in [1.54, 1.807) is 45.2 Å². The average Bonchev–Trinajstić information content (AvgIpc) is 2.89. The summed E-state index contributed by atoms with van der Waals surface area (Å²) in [6, 6.07) is 8.39. The Morgan fingerprint density at radius 2 is 1.02 bits per heavy atom. The lowest BCUT2D eigenvalue weighted by Gasteiger charge is -2.30. The van der Waals surface area contributed by atoms with Gasteiger partial charge in [0.05, 0.1) is 24.0 Å². The number of rotatable bonds is 6. The van der Waals surface area contributed by atoms with Gasteiger partial charge in [-0.1, -0.05) is 36.4 Å². The van der Waals surface area contributed by atoms with E-state index in [-0.39, 0.29) is 18.7 Å². The van der Waals surface area contributed by atoms with Crippen LogP contribution in [-0.2, 0) is 28.2 Å². The highest BCUT2D eigenvalue weighted by atomic mass is 127. The monoisotopic (exact) mass is 804 g/mol. The summed E-state index contributed by atoms with van der Waals surface area (Å²) in [5, 5.41) is 24.3. The zero-order valence-corrected chi connectivity index (χ0v) is 24.6. The molecule has 4 rings (SSSR count). The summed E-state index contributed by atoms with van der Waals surface area (Å²) in [6.07, 6.45) is -6.36. The molecule has 2 unspecified atom stereocenters. The molecule has 0 spiro atoms. The summed E-state index contributed by atoms with van der Waals surface area (Å²) in [7, 11) is 0. The molecule has 0 aromatic heterocycles. The molecule has 2 aliphatic rings. The van der Waals surface area contributed by atoms with Crippen molar-refractivity contribution in [3.8, 4) is 0 Å². The van der Waals surface area contributed by atoms with Gasteiger partial charge >= 0.3 is 12.4 Å². The zero-order chi connectivity index (χ0) is 30.4. The normalized spacial score (nSPS) is 23.1. The van der Waals surface area contributed by atoms with Crippen molar-refractivity contribution in [3.63, 3.8) is 0 Å². The standard InChI is InChI=1S/C26H16F6I2N2O5/c27-25(28,29)17-7-3-1-5-15(17)23(35(37)38)11-9-21(19(33)13-23)41-22-10-12-24(36(39)40,14-20(22)34)16-6-2-4-8-18(16)26(30,31)32/h1-12H,13-14H2. The summed E-state index contributed by atoms with van der Waals surface area (Å²) in [5.41, 5.74) is -7.90. The predicted octanol–water partition coefficient (Wildman–Crippen LogP) is 8.60. The molecule has 0 aliphatic heterocycles. The van der Waals surface area contributed by atoms with Gasteiger partial charge < -0.3 is 4.74 Å². The second-order valence-corrected chi connectivity index (χ2v) is 11.7.